The largest absolute Gasteiger partial charge is 0.490 e. The first-order chi connectivity index (χ1) is 12.9. The van der Waals surface area contributed by atoms with E-state index in [2.05, 4.69) is 15.3 Å². The lowest BCUT2D eigenvalue weighted by atomic mass is 10.1. The van der Waals surface area contributed by atoms with E-state index in [0.29, 0.717) is 5.75 Å². The minimum Gasteiger partial charge on any atom is -0.490 e. The SMILES string of the molecule is CC(C(=O)Nc1ccnn1C(C)C)N1CCC(Oc2ccc(F)cc2)CC1. The number of piperidine rings is 1. The smallest absolute Gasteiger partial charge is 0.242 e. The molecule has 0 spiro atoms. The highest BCUT2D eigenvalue weighted by atomic mass is 19.1. The van der Waals surface area contributed by atoms with Crippen LogP contribution in [0.15, 0.2) is 36.5 Å². The zero-order valence-corrected chi connectivity index (χ0v) is 16.1. The Hall–Kier alpha value is -2.41. The summed E-state index contributed by atoms with van der Waals surface area (Å²) >= 11 is 0. The van der Waals surface area contributed by atoms with E-state index in [1.54, 1.807) is 23.0 Å². The van der Waals surface area contributed by atoms with Gasteiger partial charge in [-0.1, -0.05) is 0 Å². The van der Waals surface area contributed by atoms with Gasteiger partial charge in [0.25, 0.3) is 0 Å². The van der Waals surface area contributed by atoms with E-state index < -0.39 is 0 Å². The van der Waals surface area contributed by atoms with Gasteiger partial charge in [-0.25, -0.2) is 9.07 Å². The Labute approximate surface area is 159 Å². The number of nitrogens with zero attached hydrogens (tertiary/aromatic N) is 3. The fraction of sp³-hybridized carbons (Fsp3) is 0.500. The van der Waals surface area contributed by atoms with E-state index in [9.17, 15) is 9.18 Å². The summed E-state index contributed by atoms with van der Waals surface area (Å²) in [5.74, 6) is 1.10. The molecule has 2 heterocycles. The van der Waals surface area contributed by atoms with Gasteiger partial charge in [0.05, 0.1) is 12.2 Å². The summed E-state index contributed by atoms with van der Waals surface area (Å²) in [4.78, 5) is 14.8. The lowest BCUT2D eigenvalue weighted by Crippen LogP contribution is -2.48. The van der Waals surface area contributed by atoms with E-state index in [-0.39, 0.29) is 29.9 Å². The maximum Gasteiger partial charge on any atom is 0.242 e. The number of hydrogen-bond acceptors (Lipinski definition) is 4. The van der Waals surface area contributed by atoms with Crippen LogP contribution in [0.1, 0.15) is 39.7 Å². The summed E-state index contributed by atoms with van der Waals surface area (Å²) in [5.41, 5.74) is 0. The second-order valence-corrected chi connectivity index (χ2v) is 7.23. The first-order valence-electron chi connectivity index (χ1n) is 9.44. The van der Waals surface area contributed by atoms with Crippen LogP contribution in [0.4, 0.5) is 10.2 Å². The van der Waals surface area contributed by atoms with Gasteiger partial charge in [-0.3, -0.25) is 9.69 Å². The molecule has 1 unspecified atom stereocenters. The molecule has 7 heteroatoms. The summed E-state index contributed by atoms with van der Waals surface area (Å²) in [6, 6.07) is 7.87. The molecule has 6 nitrogen and oxygen atoms in total. The molecule has 1 aliphatic rings. The van der Waals surface area contributed by atoms with Gasteiger partial charge in [0.1, 0.15) is 23.5 Å². The van der Waals surface area contributed by atoms with Crippen LogP contribution in [0.5, 0.6) is 5.75 Å². The molecule has 2 aromatic rings. The van der Waals surface area contributed by atoms with E-state index in [0.717, 1.165) is 31.7 Å². The normalized spacial score (nSPS) is 17.1. The second kappa shape index (κ2) is 8.52. The number of rotatable bonds is 6. The molecule has 3 rings (SSSR count). The van der Waals surface area contributed by atoms with Crippen molar-refractivity contribution in [2.75, 3.05) is 18.4 Å². The predicted octanol–water partition coefficient (Wildman–Crippen LogP) is 3.47. The highest BCUT2D eigenvalue weighted by Gasteiger charge is 2.28. The van der Waals surface area contributed by atoms with Crippen LogP contribution < -0.4 is 10.1 Å². The molecule has 1 atom stereocenters. The highest BCUT2D eigenvalue weighted by Crippen LogP contribution is 2.21. The maximum absolute atomic E-state index is 13.0. The fourth-order valence-corrected chi connectivity index (χ4v) is 3.31. The molecule has 0 bridgehead atoms. The molecule has 27 heavy (non-hydrogen) atoms. The number of ether oxygens (including phenoxy) is 1. The quantitative estimate of drug-likeness (QED) is 0.841. The Morgan fingerprint density at radius 1 is 1.19 bits per heavy atom. The molecule has 1 amide bonds. The topological polar surface area (TPSA) is 59.4 Å². The van der Waals surface area contributed by atoms with Crippen molar-refractivity contribution in [2.24, 2.45) is 0 Å². The molecule has 1 saturated heterocycles. The summed E-state index contributed by atoms with van der Waals surface area (Å²) in [7, 11) is 0. The first kappa shape index (κ1) is 19.4. The number of carbonyl (C=O) groups is 1. The summed E-state index contributed by atoms with van der Waals surface area (Å²) in [5, 5.41) is 7.22. The van der Waals surface area contributed by atoms with Crippen LogP contribution in [-0.4, -0.2) is 45.8 Å². The maximum atomic E-state index is 13.0. The zero-order valence-electron chi connectivity index (χ0n) is 16.1. The van der Waals surface area contributed by atoms with Gasteiger partial charge in [0.15, 0.2) is 0 Å². The van der Waals surface area contributed by atoms with E-state index in [1.807, 2.05) is 26.8 Å². The van der Waals surface area contributed by atoms with Crippen LogP contribution in [0.3, 0.4) is 0 Å². The second-order valence-electron chi connectivity index (χ2n) is 7.23. The van der Waals surface area contributed by atoms with Crippen molar-refractivity contribution >= 4 is 11.7 Å². The fourth-order valence-electron chi connectivity index (χ4n) is 3.31. The molecular weight excluding hydrogens is 347 g/mol. The standard InChI is InChI=1S/C20H27FN4O2/c1-14(2)25-19(8-11-22-25)23-20(26)15(3)24-12-9-18(10-13-24)27-17-6-4-16(21)5-7-17/h4-8,11,14-15,18H,9-10,12-13H2,1-3H3,(H,23,26). The summed E-state index contributed by atoms with van der Waals surface area (Å²) in [6.45, 7) is 7.54. The highest BCUT2D eigenvalue weighted by molar-refractivity contribution is 5.93. The Balaban J connectivity index is 1.50. The minimum absolute atomic E-state index is 0.0321. The van der Waals surface area contributed by atoms with Gasteiger partial charge in [-0.15, -0.1) is 0 Å². The molecule has 146 valence electrons. The predicted molar refractivity (Wildman–Crippen MR) is 102 cm³/mol. The molecule has 1 fully saturated rings. The number of carbonyl (C=O) groups excluding carboxylic acids is 1. The van der Waals surface area contributed by atoms with Crippen molar-refractivity contribution in [3.05, 3.63) is 42.3 Å². The van der Waals surface area contributed by atoms with Crippen molar-refractivity contribution < 1.29 is 13.9 Å². The molecule has 1 aromatic carbocycles. The average molecular weight is 374 g/mol. The lowest BCUT2D eigenvalue weighted by Gasteiger charge is -2.35. The molecule has 1 aliphatic heterocycles. The number of aromatic nitrogens is 2. The van der Waals surface area contributed by atoms with Crippen molar-refractivity contribution in [3.63, 3.8) is 0 Å². The molecule has 0 aliphatic carbocycles. The van der Waals surface area contributed by atoms with Crippen LogP contribution in [0.25, 0.3) is 0 Å². The third kappa shape index (κ3) is 4.86. The molecule has 0 radical (unpaired) electrons. The van der Waals surface area contributed by atoms with Crippen molar-refractivity contribution in [3.8, 4) is 5.75 Å². The molecule has 1 aromatic heterocycles. The van der Waals surface area contributed by atoms with Gasteiger partial charge in [0, 0.05) is 25.2 Å². The van der Waals surface area contributed by atoms with Crippen LogP contribution >= 0.6 is 0 Å². The third-order valence-corrected chi connectivity index (χ3v) is 4.93. The number of nitrogens with one attached hydrogen (secondary N) is 1. The third-order valence-electron chi connectivity index (χ3n) is 4.93. The Morgan fingerprint density at radius 3 is 2.48 bits per heavy atom. The Bertz CT molecular complexity index is 752. The number of anilines is 1. The van der Waals surface area contributed by atoms with Crippen molar-refractivity contribution in [2.45, 2.75) is 51.8 Å². The molecule has 0 saturated carbocycles. The van der Waals surface area contributed by atoms with Crippen molar-refractivity contribution in [1.29, 1.82) is 0 Å². The van der Waals surface area contributed by atoms with Crippen LogP contribution in [-0.2, 0) is 4.79 Å². The number of amides is 1. The van der Waals surface area contributed by atoms with Gasteiger partial charge in [0.2, 0.25) is 5.91 Å². The molecular formula is C20H27FN4O2. The van der Waals surface area contributed by atoms with E-state index in [4.69, 9.17) is 4.74 Å². The van der Waals surface area contributed by atoms with Gasteiger partial charge in [-0.05, 0) is 57.9 Å². The van der Waals surface area contributed by atoms with Gasteiger partial charge < -0.3 is 10.1 Å². The van der Waals surface area contributed by atoms with Crippen molar-refractivity contribution in [1.82, 2.24) is 14.7 Å². The van der Waals surface area contributed by atoms with E-state index >= 15 is 0 Å². The monoisotopic (exact) mass is 374 g/mol. The first-order valence-corrected chi connectivity index (χ1v) is 9.44. The lowest BCUT2D eigenvalue weighted by molar-refractivity contribution is -0.121. The Morgan fingerprint density at radius 2 is 1.85 bits per heavy atom. The molecule has 1 N–H and O–H groups in total. The van der Waals surface area contributed by atoms with Crippen LogP contribution in [0, 0.1) is 5.82 Å². The number of likely N-dealkylation sites (tertiary alicyclic amines) is 1. The van der Waals surface area contributed by atoms with Crippen LogP contribution in [0.2, 0.25) is 0 Å². The summed E-state index contributed by atoms with van der Waals surface area (Å²) in [6.07, 6.45) is 3.44. The number of hydrogen-bond donors (Lipinski definition) is 1. The van der Waals surface area contributed by atoms with E-state index in [1.165, 1.54) is 12.1 Å². The average Bonchev–Trinajstić information content (AvgIpc) is 3.12. The minimum atomic E-state index is -0.268. The summed E-state index contributed by atoms with van der Waals surface area (Å²) < 4.78 is 20.7. The van der Waals surface area contributed by atoms with Gasteiger partial charge >= 0.3 is 0 Å². The Kier molecular flexibility index (Phi) is 6.11. The van der Waals surface area contributed by atoms with Gasteiger partial charge in [-0.2, -0.15) is 5.10 Å². The zero-order chi connectivity index (χ0) is 19.4. The number of halogens is 1. The number of benzene rings is 1.